The summed E-state index contributed by atoms with van der Waals surface area (Å²) in [5, 5.41) is 19.7. The van der Waals surface area contributed by atoms with E-state index in [1.54, 1.807) is 0 Å². The Kier molecular flexibility index (Phi) is 13.1. The average molecular weight is 192 g/mol. The van der Waals surface area contributed by atoms with Crippen LogP contribution in [0.4, 0.5) is 0 Å². The molecule has 12 heavy (non-hydrogen) atoms. The van der Waals surface area contributed by atoms with Crippen LogP contribution in [0, 0.1) is 0 Å². The van der Waals surface area contributed by atoms with E-state index in [0.29, 0.717) is 0 Å². The predicted molar refractivity (Wildman–Crippen MR) is 26.0 cm³/mol. The van der Waals surface area contributed by atoms with Gasteiger partial charge in [0.05, 0.1) is 24.0 Å². The summed E-state index contributed by atoms with van der Waals surface area (Å²) >= 11 is 0. The van der Waals surface area contributed by atoms with E-state index in [4.69, 9.17) is 11.5 Å². The van der Waals surface area contributed by atoms with Crippen LogP contribution in [-0.4, -0.2) is 24.0 Å². The Morgan fingerprint density at radius 1 is 0.917 bits per heavy atom. The van der Waals surface area contributed by atoms with E-state index in [9.17, 15) is 19.8 Å². The molecule has 0 spiro atoms. The smallest absolute Gasteiger partial charge is 0.548 e. The fourth-order valence-electron chi connectivity index (χ4n) is 0.293. The molecule has 0 saturated heterocycles. The first kappa shape index (κ1) is 18.6. The molecular formula is C4H6N2Na2O4. The first-order valence-corrected chi connectivity index (χ1v) is 2.39. The quantitative estimate of drug-likeness (QED) is 0.426. The molecule has 0 saturated carbocycles. The van der Waals surface area contributed by atoms with E-state index in [2.05, 4.69) is 0 Å². The van der Waals surface area contributed by atoms with Gasteiger partial charge in [-0.3, -0.25) is 0 Å². The number of hydrogen-bond donors (Lipinski definition) is 2. The van der Waals surface area contributed by atoms with Crippen LogP contribution >= 0.6 is 0 Å². The van der Waals surface area contributed by atoms with Crippen LogP contribution in [0.25, 0.3) is 0 Å². The van der Waals surface area contributed by atoms with Crippen LogP contribution in [0.15, 0.2) is 0 Å². The number of hydrogen-bond acceptors (Lipinski definition) is 6. The summed E-state index contributed by atoms with van der Waals surface area (Å²) in [4.78, 5) is 19.7. The number of nitrogens with two attached hydrogens (primary N) is 2. The minimum absolute atomic E-state index is 0. The topological polar surface area (TPSA) is 132 Å². The molecule has 58 valence electrons. The van der Waals surface area contributed by atoms with Gasteiger partial charge in [0.2, 0.25) is 0 Å². The number of carboxylic acids is 2. The van der Waals surface area contributed by atoms with Gasteiger partial charge in [0.25, 0.3) is 0 Å². The Morgan fingerprint density at radius 3 is 1.17 bits per heavy atom. The number of aliphatic carboxylic acids is 2. The van der Waals surface area contributed by atoms with Crippen molar-refractivity contribution >= 4 is 11.9 Å². The molecule has 0 aliphatic heterocycles. The SMILES string of the molecule is NC(C(=O)[O-])C(N)C(=O)[O-].[Na+].[Na+]. The molecule has 0 amide bonds. The van der Waals surface area contributed by atoms with Crippen molar-refractivity contribution in [1.82, 2.24) is 0 Å². The van der Waals surface area contributed by atoms with Crippen LogP contribution in [0.5, 0.6) is 0 Å². The van der Waals surface area contributed by atoms with Crippen molar-refractivity contribution < 1.29 is 78.9 Å². The number of rotatable bonds is 3. The van der Waals surface area contributed by atoms with Gasteiger partial charge < -0.3 is 31.3 Å². The van der Waals surface area contributed by atoms with E-state index in [1.807, 2.05) is 0 Å². The van der Waals surface area contributed by atoms with Gasteiger partial charge in [0.15, 0.2) is 0 Å². The van der Waals surface area contributed by atoms with Gasteiger partial charge >= 0.3 is 59.1 Å². The van der Waals surface area contributed by atoms with Crippen LogP contribution in [0.2, 0.25) is 0 Å². The van der Waals surface area contributed by atoms with Crippen molar-refractivity contribution in [2.45, 2.75) is 12.1 Å². The van der Waals surface area contributed by atoms with Crippen LogP contribution in [0.1, 0.15) is 0 Å². The molecule has 2 unspecified atom stereocenters. The van der Waals surface area contributed by atoms with Gasteiger partial charge in [-0.05, 0) is 0 Å². The minimum Gasteiger partial charge on any atom is -0.548 e. The average Bonchev–Trinajstić information content (AvgIpc) is 1.84. The molecule has 0 rings (SSSR count). The molecule has 6 nitrogen and oxygen atoms in total. The molecule has 0 fully saturated rings. The second-order valence-corrected chi connectivity index (χ2v) is 1.69. The Labute approximate surface area is 113 Å². The van der Waals surface area contributed by atoms with E-state index in [1.165, 1.54) is 0 Å². The molecule has 0 aromatic carbocycles. The molecule has 8 heteroatoms. The Morgan fingerprint density at radius 2 is 1.08 bits per heavy atom. The third-order valence-electron chi connectivity index (χ3n) is 0.931. The van der Waals surface area contributed by atoms with Crippen molar-refractivity contribution in [1.29, 1.82) is 0 Å². The monoisotopic (exact) mass is 192 g/mol. The summed E-state index contributed by atoms with van der Waals surface area (Å²) in [5.74, 6) is -3.42. The van der Waals surface area contributed by atoms with E-state index < -0.39 is 24.0 Å². The second kappa shape index (κ2) is 8.46. The van der Waals surface area contributed by atoms with Gasteiger partial charge in [-0.2, -0.15) is 0 Å². The Bertz CT molecular complexity index is 147. The number of carboxylic acid groups (broad SMARTS) is 2. The third-order valence-corrected chi connectivity index (χ3v) is 0.931. The van der Waals surface area contributed by atoms with Crippen molar-refractivity contribution in [2.24, 2.45) is 11.5 Å². The standard InChI is InChI=1S/C4H8N2O4.2Na/c5-1(3(7)8)2(6)4(9)10;;/h1-2H,5-6H2,(H,7,8)(H,9,10);;/q;2*+1/p-2. The van der Waals surface area contributed by atoms with Crippen LogP contribution in [-0.2, 0) is 9.59 Å². The van der Waals surface area contributed by atoms with Gasteiger partial charge in [-0.1, -0.05) is 0 Å². The molecular weight excluding hydrogens is 186 g/mol. The molecule has 0 heterocycles. The second-order valence-electron chi connectivity index (χ2n) is 1.69. The molecule has 0 aromatic rings. The van der Waals surface area contributed by atoms with Gasteiger partial charge in [-0.15, -0.1) is 0 Å². The Hall–Kier alpha value is 0.860. The van der Waals surface area contributed by atoms with Gasteiger partial charge in [0.1, 0.15) is 0 Å². The van der Waals surface area contributed by atoms with Gasteiger partial charge in [0, 0.05) is 0 Å². The number of carbonyl (C=O) groups is 2. The predicted octanol–water partition coefficient (Wildman–Crippen LogP) is -10.9. The normalized spacial score (nSPS) is 13.2. The summed E-state index contributed by atoms with van der Waals surface area (Å²) in [6.45, 7) is 0. The Balaban J connectivity index is -0.000000405. The summed E-state index contributed by atoms with van der Waals surface area (Å²) in [5.41, 5.74) is 9.51. The van der Waals surface area contributed by atoms with E-state index >= 15 is 0 Å². The maximum Gasteiger partial charge on any atom is 1.00 e. The molecule has 4 N–H and O–H groups in total. The van der Waals surface area contributed by atoms with Crippen molar-refractivity contribution in [2.75, 3.05) is 0 Å². The zero-order valence-corrected chi connectivity index (χ0v) is 10.9. The molecule has 0 aromatic heterocycles. The van der Waals surface area contributed by atoms with E-state index in [-0.39, 0.29) is 59.1 Å². The van der Waals surface area contributed by atoms with Gasteiger partial charge in [-0.25, -0.2) is 0 Å². The van der Waals surface area contributed by atoms with E-state index in [0.717, 1.165) is 0 Å². The maximum atomic E-state index is 9.84. The van der Waals surface area contributed by atoms with Crippen LogP contribution < -0.4 is 80.8 Å². The zero-order valence-electron chi connectivity index (χ0n) is 6.94. The third kappa shape index (κ3) is 6.38. The molecule has 2 atom stereocenters. The molecule has 0 aliphatic carbocycles. The summed E-state index contributed by atoms with van der Waals surface area (Å²) in [6.07, 6.45) is 0. The minimum atomic E-state index is -1.72. The first-order chi connectivity index (χ1) is 4.46. The number of carbonyl (C=O) groups excluding carboxylic acids is 2. The summed E-state index contributed by atoms with van der Waals surface area (Å²) in [7, 11) is 0. The molecule has 0 aliphatic rings. The fourth-order valence-corrected chi connectivity index (χ4v) is 0.293. The fraction of sp³-hybridized carbons (Fsp3) is 0.500. The van der Waals surface area contributed by atoms with Crippen LogP contribution in [0.3, 0.4) is 0 Å². The summed E-state index contributed by atoms with van der Waals surface area (Å²) < 4.78 is 0. The molecule has 0 bridgehead atoms. The summed E-state index contributed by atoms with van der Waals surface area (Å²) in [6, 6.07) is -3.44. The van der Waals surface area contributed by atoms with Crippen molar-refractivity contribution in [3.05, 3.63) is 0 Å². The van der Waals surface area contributed by atoms with Crippen molar-refractivity contribution in [3.8, 4) is 0 Å². The first-order valence-electron chi connectivity index (χ1n) is 2.39. The largest absolute Gasteiger partial charge is 1.00 e. The zero-order chi connectivity index (χ0) is 8.31. The molecule has 0 radical (unpaired) electrons. The van der Waals surface area contributed by atoms with Crippen molar-refractivity contribution in [3.63, 3.8) is 0 Å². The maximum absolute atomic E-state index is 9.84.